The van der Waals surface area contributed by atoms with E-state index in [1.54, 1.807) is 0 Å². The van der Waals surface area contributed by atoms with Crippen molar-refractivity contribution in [1.29, 1.82) is 0 Å². The molecule has 1 unspecified atom stereocenters. The van der Waals surface area contributed by atoms with E-state index in [9.17, 15) is 14.4 Å². The largest absolute Gasteiger partial charge is 0.480 e. The summed E-state index contributed by atoms with van der Waals surface area (Å²) < 4.78 is 4.57. The van der Waals surface area contributed by atoms with Gasteiger partial charge in [0.2, 0.25) is 0 Å². The van der Waals surface area contributed by atoms with Crippen LogP contribution in [0.15, 0.2) is 30.3 Å². The molecule has 0 aromatic heterocycles. The first-order valence-corrected chi connectivity index (χ1v) is 6.82. The minimum atomic E-state index is -1.07. The Morgan fingerprint density at radius 1 is 1.23 bits per heavy atom. The Labute approximate surface area is 128 Å². The normalized spacial score (nSPS) is 13.5. The number of hydrogen-bond donors (Lipinski definition) is 2. The van der Waals surface area contributed by atoms with E-state index in [1.165, 1.54) is 18.7 Å². The highest BCUT2D eigenvalue weighted by Crippen LogP contribution is 2.09. The van der Waals surface area contributed by atoms with E-state index in [-0.39, 0.29) is 13.1 Å². The van der Waals surface area contributed by atoms with Crippen LogP contribution in [-0.2, 0) is 25.7 Å². The molecule has 0 amide bonds. The maximum atomic E-state index is 11.8. The molecule has 0 aliphatic rings. The third kappa shape index (κ3) is 5.63. The number of hydrogen-bond acceptors (Lipinski definition) is 6. The molecular formula is C15H20N2O5. The summed E-state index contributed by atoms with van der Waals surface area (Å²) in [5, 5.41) is 9.13. The molecule has 7 nitrogen and oxygen atoms in total. The fourth-order valence-electron chi connectivity index (χ4n) is 1.71. The number of nitrogens with two attached hydrogens (primary N) is 1. The molecular weight excluding hydrogens is 288 g/mol. The Morgan fingerprint density at radius 3 is 2.32 bits per heavy atom. The standard InChI is InChI=1S/C15H20N2O5/c1-10(16)15(21)22-13(18)9-17(11(2)14(19)20)8-12-6-4-3-5-7-12/h3-7,10-11H,8-9,16H2,1-2H3,(H,19,20)/t10-,11?/m0/s1. The van der Waals surface area contributed by atoms with E-state index in [0.717, 1.165) is 5.56 Å². The zero-order valence-corrected chi connectivity index (χ0v) is 12.6. The number of carboxylic acid groups (broad SMARTS) is 1. The second-order valence-corrected chi connectivity index (χ2v) is 4.99. The number of rotatable bonds is 7. The quantitative estimate of drug-likeness (QED) is 0.553. The Kier molecular flexibility index (Phi) is 6.68. The van der Waals surface area contributed by atoms with Gasteiger partial charge in [-0.15, -0.1) is 0 Å². The molecule has 1 rings (SSSR count). The van der Waals surface area contributed by atoms with Crippen LogP contribution < -0.4 is 5.73 Å². The van der Waals surface area contributed by atoms with Crippen molar-refractivity contribution < 1.29 is 24.2 Å². The summed E-state index contributed by atoms with van der Waals surface area (Å²) in [5.74, 6) is -2.73. The molecule has 0 aliphatic heterocycles. The fraction of sp³-hybridized carbons (Fsp3) is 0.400. The van der Waals surface area contributed by atoms with Gasteiger partial charge in [-0.05, 0) is 19.4 Å². The van der Waals surface area contributed by atoms with Gasteiger partial charge in [0.25, 0.3) is 0 Å². The maximum absolute atomic E-state index is 11.8. The van der Waals surface area contributed by atoms with Crippen molar-refractivity contribution in [3.63, 3.8) is 0 Å². The average Bonchev–Trinajstić information content (AvgIpc) is 2.46. The van der Waals surface area contributed by atoms with Crippen LogP contribution in [-0.4, -0.2) is 46.5 Å². The topological polar surface area (TPSA) is 110 Å². The molecule has 7 heteroatoms. The minimum Gasteiger partial charge on any atom is -0.480 e. The number of aliphatic carboxylic acids is 1. The minimum absolute atomic E-state index is 0.246. The van der Waals surface area contributed by atoms with Gasteiger partial charge in [-0.3, -0.25) is 14.5 Å². The van der Waals surface area contributed by atoms with Crippen molar-refractivity contribution in [2.45, 2.75) is 32.5 Å². The monoisotopic (exact) mass is 308 g/mol. The zero-order chi connectivity index (χ0) is 16.7. The van der Waals surface area contributed by atoms with Crippen LogP contribution in [0.1, 0.15) is 19.4 Å². The van der Waals surface area contributed by atoms with Crippen molar-refractivity contribution in [2.24, 2.45) is 5.73 Å². The third-order valence-corrected chi connectivity index (χ3v) is 3.05. The van der Waals surface area contributed by atoms with E-state index < -0.39 is 30.0 Å². The first-order valence-electron chi connectivity index (χ1n) is 6.82. The summed E-state index contributed by atoms with van der Waals surface area (Å²) in [6, 6.07) is 7.29. The molecule has 0 radical (unpaired) electrons. The zero-order valence-electron chi connectivity index (χ0n) is 12.6. The Balaban J connectivity index is 2.76. The molecule has 0 heterocycles. The number of carbonyl (C=O) groups excluding carboxylic acids is 2. The SMILES string of the molecule is CC(C(=O)O)N(CC(=O)OC(=O)[C@H](C)N)Cc1ccccc1. The molecule has 22 heavy (non-hydrogen) atoms. The van der Waals surface area contributed by atoms with E-state index in [1.807, 2.05) is 30.3 Å². The molecule has 3 N–H and O–H groups in total. The summed E-state index contributed by atoms with van der Waals surface area (Å²) in [6.07, 6.45) is 0. The molecule has 0 saturated carbocycles. The molecule has 1 aromatic carbocycles. The summed E-state index contributed by atoms with van der Waals surface area (Å²) in [7, 11) is 0. The van der Waals surface area contributed by atoms with Gasteiger partial charge in [-0.1, -0.05) is 30.3 Å². The first kappa shape index (κ1) is 17.8. The third-order valence-electron chi connectivity index (χ3n) is 3.05. The molecule has 0 spiro atoms. The van der Waals surface area contributed by atoms with Crippen LogP contribution in [0.3, 0.4) is 0 Å². The van der Waals surface area contributed by atoms with Crippen LogP contribution >= 0.6 is 0 Å². The molecule has 0 bridgehead atoms. The number of nitrogens with zero attached hydrogens (tertiary/aromatic N) is 1. The van der Waals surface area contributed by atoms with Crippen molar-refractivity contribution in [3.05, 3.63) is 35.9 Å². The number of ether oxygens (including phenoxy) is 1. The van der Waals surface area contributed by atoms with Crippen LogP contribution in [0.2, 0.25) is 0 Å². The number of carboxylic acids is 1. The van der Waals surface area contributed by atoms with Crippen LogP contribution in [0, 0.1) is 0 Å². The molecule has 2 atom stereocenters. The maximum Gasteiger partial charge on any atom is 0.330 e. The highest BCUT2D eigenvalue weighted by atomic mass is 16.6. The Hall–Kier alpha value is -2.25. The predicted molar refractivity (Wildman–Crippen MR) is 78.7 cm³/mol. The number of benzene rings is 1. The van der Waals surface area contributed by atoms with Crippen LogP contribution in [0.4, 0.5) is 0 Å². The van der Waals surface area contributed by atoms with Crippen LogP contribution in [0.25, 0.3) is 0 Å². The van der Waals surface area contributed by atoms with Crippen LogP contribution in [0.5, 0.6) is 0 Å². The van der Waals surface area contributed by atoms with Crippen molar-refractivity contribution in [3.8, 4) is 0 Å². The molecule has 0 saturated heterocycles. The van der Waals surface area contributed by atoms with Gasteiger partial charge in [0, 0.05) is 6.54 Å². The second-order valence-electron chi connectivity index (χ2n) is 4.99. The highest BCUT2D eigenvalue weighted by Gasteiger charge is 2.25. The summed E-state index contributed by atoms with van der Waals surface area (Å²) >= 11 is 0. The molecule has 0 aliphatic carbocycles. The van der Waals surface area contributed by atoms with Gasteiger partial charge in [-0.25, -0.2) is 4.79 Å². The van der Waals surface area contributed by atoms with Gasteiger partial charge in [0.1, 0.15) is 12.1 Å². The first-order chi connectivity index (χ1) is 10.3. The summed E-state index contributed by atoms with van der Waals surface area (Å²) in [5.41, 5.74) is 6.16. The van der Waals surface area contributed by atoms with Crippen molar-refractivity contribution in [1.82, 2.24) is 4.90 Å². The van der Waals surface area contributed by atoms with Gasteiger partial charge >= 0.3 is 17.9 Å². The van der Waals surface area contributed by atoms with Gasteiger partial charge in [-0.2, -0.15) is 0 Å². The Morgan fingerprint density at radius 2 is 1.82 bits per heavy atom. The lowest BCUT2D eigenvalue weighted by Gasteiger charge is -2.25. The fourth-order valence-corrected chi connectivity index (χ4v) is 1.71. The molecule has 0 fully saturated rings. The van der Waals surface area contributed by atoms with E-state index in [0.29, 0.717) is 0 Å². The average molecular weight is 308 g/mol. The van der Waals surface area contributed by atoms with Gasteiger partial charge in [0.05, 0.1) is 6.54 Å². The van der Waals surface area contributed by atoms with Crippen molar-refractivity contribution in [2.75, 3.05) is 6.54 Å². The number of esters is 2. The lowest BCUT2D eigenvalue weighted by Crippen LogP contribution is -2.43. The molecule has 1 aromatic rings. The predicted octanol–water partition coefficient (Wildman–Crippen LogP) is 0.379. The van der Waals surface area contributed by atoms with Gasteiger partial charge < -0.3 is 15.6 Å². The van der Waals surface area contributed by atoms with E-state index in [4.69, 9.17) is 10.8 Å². The highest BCUT2D eigenvalue weighted by molar-refractivity contribution is 5.89. The molecule has 120 valence electrons. The lowest BCUT2D eigenvalue weighted by molar-refractivity contribution is -0.161. The van der Waals surface area contributed by atoms with Gasteiger partial charge in [0.15, 0.2) is 0 Å². The second kappa shape index (κ2) is 8.26. The summed E-state index contributed by atoms with van der Waals surface area (Å²) in [6.45, 7) is 2.79. The summed E-state index contributed by atoms with van der Waals surface area (Å²) in [4.78, 5) is 35.6. The van der Waals surface area contributed by atoms with Crippen molar-refractivity contribution >= 4 is 17.9 Å². The van der Waals surface area contributed by atoms with E-state index >= 15 is 0 Å². The van der Waals surface area contributed by atoms with E-state index in [2.05, 4.69) is 4.74 Å². The lowest BCUT2D eigenvalue weighted by atomic mass is 10.2. The number of carbonyl (C=O) groups is 3. The smallest absolute Gasteiger partial charge is 0.330 e. The Bertz CT molecular complexity index is 530.